The topological polar surface area (TPSA) is 83.6 Å². The van der Waals surface area contributed by atoms with Crippen molar-refractivity contribution < 1.29 is 13.5 Å². The summed E-state index contributed by atoms with van der Waals surface area (Å²) in [5, 5.41) is 9.14. The van der Waals surface area contributed by atoms with E-state index in [1.165, 1.54) is 22.5 Å². The van der Waals surface area contributed by atoms with Gasteiger partial charge in [0.2, 0.25) is 10.0 Å². The van der Waals surface area contributed by atoms with Gasteiger partial charge >= 0.3 is 0 Å². The fourth-order valence-electron chi connectivity index (χ4n) is 2.25. The third-order valence-corrected chi connectivity index (χ3v) is 5.58. The average molecular weight is 305 g/mol. The highest BCUT2D eigenvalue weighted by Gasteiger charge is 2.32. The van der Waals surface area contributed by atoms with Crippen LogP contribution in [0.2, 0.25) is 5.02 Å². The van der Waals surface area contributed by atoms with Crippen molar-refractivity contribution in [1.82, 2.24) is 4.31 Å². The van der Waals surface area contributed by atoms with Crippen molar-refractivity contribution in [2.24, 2.45) is 5.92 Å². The molecule has 19 heavy (non-hydrogen) atoms. The minimum atomic E-state index is -3.52. The van der Waals surface area contributed by atoms with E-state index in [-0.39, 0.29) is 22.4 Å². The molecule has 0 radical (unpaired) electrons. The van der Waals surface area contributed by atoms with Crippen LogP contribution in [-0.2, 0) is 10.0 Å². The average Bonchev–Trinajstić information content (AvgIpc) is 2.82. The standard InChI is InChI=1S/C12H17ClN2O3S/c13-11-7-10(1-2-12(11)14)19(17,18)15-5-3-9(8-15)4-6-16/h1-2,7,9,16H,3-6,8,14H2. The zero-order valence-corrected chi connectivity index (χ0v) is 12.0. The van der Waals surface area contributed by atoms with Gasteiger partial charge in [-0.25, -0.2) is 8.42 Å². The number of nitrogens with two attached hydrogens (primary N) is 1. The van der Waals surface area contributed by atoms with Crippen LogP contribution in [0.5, 0.6) is 0 Å². The van der Waals surface area contributed by atoms with Crippen LogP contribution in [0.15, 0.2) is 23.1 Å². The number of rotatable bonds is 4. The Hall–Kier alpha value is -0.820. The molecule has 1 aromatic carbocycles. The predicted octanol–water partition coefficient (Wildman–Crippen LogP) is 1.32. The second kappa shape index (κ2) is 5.66. The molecule has 1 heterocycles. The maximum Gasteiger partial charge on any atom is 0.243 e. The lowest BCUT2D eigenvalue weighted by atomic mass is 10.1. The van der Waals surface area contributed by atoms with E-state index in [9.17, 15) is 8.42 Å². The number of sulfonamides is 1. The van der Waals surface area contributed by atoms with E-state index in [1.54, 1.807) is 0 Å². The van der Waals surface area contributed by atoms with Crippen molar-refractivity contribution in [3.8, 4) is 0 Å². The molecule has 5 nitrogen and oxygen atoms in total. The lowest BCUT2D eigenvalue weighted by Gasteiger charge is -2.17. The zero-order chi connectivity index (χ0) is 14.0. The molecule has 1 aromatic rings. The molecule has 3 N–H and O–H groups in total. The van der Waals surface area contributed by atoms with Gasteiger partial charge in [-0.2, -0.15) is 4.31 Å². The zero-order valence-electron chi connectivity index (χ0n) is 10.4. The summed E-state index contributed by atoms with van der Waals surface area (Å²) in [6.07, 6.45) is 1.41. The number of nitrogen functional groups attached to an aromatic ring is 1. The van der Waals surface area contributed by atoms with Gasteiger partial charge in [0.15, 0.2) is 0 Å². The monoisotopic (exact) mass is 304 g/mol. The molecule has 1 aliphatic rings. The SMILES string of the molecule is Nc1ccc(S(=O)(=O)N2CCC(CCO)C2)cc1Cl. The molecule has 0 spiro atoms. The number of benzene rings is 1. The summed E-state index contributed by atoms with van der Waals surface area (Å²) in [7, 11) is -3.52. The van der Waals surface area contributed by atoms with Crippen LogP contribution < -0.4 is 5.73 Å². The van der Waals surface area contributed by atoms with Crippen molar-refractivity contribution in [1.29, 1.82) is 0 Å². The van der Waals surface area contributed by atoms with E-state index < -0.39 is 10.0 Å². The minimum absolute atomic E-state index is 0.0895. The molecular weight excluding hydrogens is 288 g/mol. The molecule has 7 heteroatoms. The number of aliphatic hydroxyl groups excluding tert-OH is 1. The third kappa shape index (κ3) is 3.02. The smallest absolute Gasteiger partial charge is 0.243 e. The summed E-state index contributed by atoms with van der Waals surface area (Å²) in [5.74, 6) is 0.226. The highest BCUT2D eigenvalue weighted by molar-refractivity contribution is 7.89. The van der Waals surface area contributed by atoms with Crippen molar-refractivity contribution >= 4 is 27.3 Å². The molecule has 1 aliphatic heterocycles. The number of nitrogens with zero attached hydrogens (tertiary/aromatic N) is 1. The first-order valence-corrected chi connectivity index (χ1v) is 7.93. The van der Waals surface area contributed by atoms with Gasteiger partial charge in [-0.15, -0.1) is 0 Å². The van der Waals surface area contributed by atoms with E-state index in [0.717, 1.165) is 6.42 Å². The first-order valence-electron chi connectivity index (χ1n) is 6.11. The van der Waals surface area contributed by atoms with Crippen molar-refractivity contribution in [3.63, 3.8) is 0 Å². The highest BCUT2D eigenvalue weighted by Crippen LogP contribution is 2.28. The summed E-state index contributed by atoms with van der Waals surface area (Å²) in [6.45, 7) is 1.02. The van der Waals surface area contributed by atoms with Gasteiger partial charge in [0, 0.05) is 19.7 Å². The normalized spacial score (nSPS) is 20.8. The van der Waals surface area contributed by atoms with Crippen LogP contribution in [0.3, 0.4) is 0 Å². The maximum atomic E-state index is 12.4. The quantitative estimate of drug-likeness (QED) is 0.822. The Balaban J connectivity index is 2.21. The van der Waals surface area contributed by atoms with Crippen LogP contribution in [-0.4, -0.2) is 37.5 Å². The molecular formula is C12H17ClN2O3S. The second-order valence-electron chi connectivity index (χ2n) is 4.71. The summed E-state index contributed by atoms with van der Waals surface area (Å²) >= 11 is 5.86. The number of halogens is 1. The molecule has 1 atom stereocenters. The van der Waals surface area contributed by atoms with Crippen LogP contribution in [0.1, 0.15) is 12.8 Å². The molecule has 0 amide bonds. The van der Waals surface area contributed by atoms with Crippen molar-refractivity contribution in [2.75, 3.05) is 25.4 Å². The van der Waals surface area contributed by atoms with Crippen LogP contribution in [0.4, 0.5) is 5.69 Å². The fourth-order valence-corrected chi connectivity index (χ4v) is 4.05. The molecule has 1 unspecified atom stereocenters. The molecule has 106 valence electrons. The van der Waals surface area contributed by atoms with E-state index >= 15 is 0 Å². The Morgan fingerprint density at radius 2 is 2.21 bits per heavy atom. The number of hydrogen-bond acceptors (Lipinski definition) is 4. The van der Waals surface area contributed by atoms with E-state index in [0.29, 0.717) is 25.2 Å². The molecule has 0 bridgehead atoms. The molecule has 0 aliphatic carbocycles. The Morgan fingerprint density at radius 1 is 1.47 bits per heavy atom. The Morgan fingerprint density at radius 3 is 2.84 bits per heavy atom. The summed E-state index contributed by atoms with van der Waals surface area (Å²) < 4.78 is 26.3. The lowest BCUT2D eigenvalue weighted by Crippen LogP contribution is -2.29. The summed E-state index contributed by atoms with van der Waals surface area (Å²) in [6, 6.07) is 4.35. The van der Waals surface area contributed by atoms with Gasteiger partial charge in [0.1, 0.15) is 0 Å². The molecule has 1 saturated heterocycles. The fraction of sp³-hybridized carbons (Fsp3) is 0.500. The summed E-state index contributed by atoms with van der Waals surface area (Å²) in [5.41, 5.74) is 5.94. The molecule has 0 saturated carbocycles. The van der Waals surface area contributed by atoms with Gasteiger partial charge in [0.25, 0.3) is 0 Å². The van der Waals surface area contributed by atoms with Gasteiger partial charge < -0.3 is 10.8 Å². The number of anilines is 1. The maximum absolute atomic E-state index is 12.4. The minimum Gasteiger partial charge on any atom is -0.398 e. The van der Waals surface area contributed by atoms with Crippen molar-refractivity contribution in [2.45, 2.75) is 17.7 Å². The first kappa shape index (κ1) is 14.6. The van der Waals surface area contributed by atoms with E-state index in [2.05, 4.69) is 0 Å². The Kier molecular flexibility index (Phi) is 4.35. The summed E-state index contributed by atoms with van der Waals surface area (Å²) in [4.78, 5) is 0.163. The second-order valence-corrected chi connectivity index (χ2v) is 7.06. The first-order chi connectivity index (χ1) is 8.95. The van der Waals surface area contributed by atoms with E-state index in [1.807, 2.05) is 0 Å². The Bertz CT molecular complexity index is 562. The van der Waals surface area contributed by atoms with E-state index in [4.69, 9.17) is 22.4 Å². The van der Waals surface area contributed by atoms with Crippen molar-refractivity contribution in [3.05, 3.63) is 23.2 Å². The largest absolute Gasteiger partial charge is 0.398 e. The van der Waals surface area contributed by atoms with Crippen LogP contribution in [0.25, 0.3) is 0 Å². The number of hydrogen-bond donors (Lipinski definition) is 2. The van der Waals surface area contributed by atoms with Gasteiger partial charge in [-0.1, -0.05) is 11.6 Å². The third-order valence-electron chi connectivity index (χ3n) is 3.40. The van der Waals surface area contributed by atoms with Crippen LogP contribution in [0, 0.1) is 5.92 Å². The predicted molar refractivity (Wildman–Crippen MR) is 74.4 cm³/mol. The molecule has 1 fully saturated rings. The van der Waals surface area contributed by atoms with Crippen LogP contribution >= 0.6 is 11.6 Å². The van der Waals surface area contributed by atoms with Gasteiger partial charge in [-0.05, 0) is 37.0 Å². The van der Waals surface area contributed by atoms with Gasteiger partial charge in [-0.3, -0.25) is 0 Å². The number of aliphatic hydroxyl groups is 1. The Labute approximate surface area is 118 Å². The molecule has 2 rings (SSSR count). The van der Waals surface area contributed by atoms with Gasteiger partial charge in [0.05, 0.1) is 15.6 Å². The lowest BCUT2D eigenvalue weighted by molar-refractivity contribution is 0.259. The highest BCUT2D eigenvalue weighted by atomic mass is 35.5. The molecule has 0 aromatic heterocycles.